The van der Waals surface area contributed by atoms with Crippen LogP contribution in [0.1, 0.15) is 16.8 Å². The van der Waals surface area contributed by atoms with E-state index in [9.17, 15) is 20.4 Å². The van der Waals surface area contributed by atoms with Crippen molar-refractivity contribution in [2.45, 2.75) is 36.9 Å². The van der Waals surface area contributed by atoms with Gasteiger partial charge in [0.15, 0.2) is 11.7 Å². The molecule has 1 aromatic carbocycles. The minimum absolute atomic E-state index is 0.537. The number of hydrogen-bond donors (Lipinski definition) is 4. The topological polar surface area (TPSA) is 108 Å². The van der Waals surface area contributed by atoms with Gasteiger partial charge < -0.3 is 25.2 Å². The van der Waals surface area contributed by atoms with E-state index in [0.717, 1.165) is 0 Å². The third kappa shape index (κ3) is 3.95. The van der Waals surface area contributed by atoms with Crippen LogP contribution in [0.15, 0.2) is 36.5 Å². The van der Waals surface area contributed by atoms with Crippen molar-refractivity contribution >= 4 is 0 Å². The van der Waals surface area contributed by atoms with Crippen molar-refractivity contribution in [3.63, 3.8) is 0 Å². The number of aromatic nitrogens is 2. The highest BCUT2D eigenvalue weighted by Gasteiger charge is 2.53. The Morgan fingerprint density at radius 3 is 2.54 bits per heavy atom. The molecular weight excluding hydrogens is 360 g/mol. The first-order chi connectivity index (χ1) is 13.3. The molecule has 1 saturated heterocycles. The van der Waals surface area contributed by atoms with E-state index in [1.807, 2.05) is 6.07 Å². The molecule has 0 spiro atoms. The molecule has 7 heteroatoms. The van der Waals surface area contributed by atoms with Crippen molar-refractivity contribution in [2.75, 3.05) is 6.61 Å². The minimum atomic E-state index is -2.15. The summed E-state index contributed by atoms with van der Waals surface area (Å²) >= 11 is 0. The molecule has 0 unspecified atom stereocenters. The third-order valence-electron chi connectivity index (χ3n) is 4.58. The zero-order valence-electron chi connectivity index (χ0n) is 15.6. The Balaban J connectivity index is 2.00. The van der Waals surface area contributed by atoms with E-state index in [-0.39, 0.29) is 0 Å². The number of benzene rings is 1. The van der Waals surface area contributed by atoms with E-state index < -0.39 is 36.6 Å². The molecule has 2 heterocycles. The van der Waals surface area contributed by atoms with Crippen LogP contribution in [0, 0.1) is 30.6 Å². The molecule has 0 amide bonds. The lowest BCUT2D eigenvalue weighted by Gasteiger charge is -2.43. The quantitative estimate of drug-likeness (QED) is 0.488. The monoisotopic (exact) mass is 382 g/mol. The van der Waals surface area contributed by atoms with Gasteiger partial charge in [0.2, 0.25) is 0 Å². The zero-order chi connectivity index (χ0) is 20.3. The van der Waals surface area contributed by atoms with Crippen LogP contribution in [0.25, 0.3) is 0 Å². The first-order valence-corrected chi connectivity index (χ1v) is 8.80. The summed E-state index contributed by atoms with van der Waals surface area (Å²) in [6.45, 7) is 1.26. The molecule has 0 saturated carbocycles. The maximum absolute atomic E-state index is 11.1. The molecule has 0 aliphatic carbocycles. The maximum atomic E-state index is 11.1. The molecule has 5 atom stereocenters. The van der Waals surface area contributed by atoms with Crippen LogP contribution in [0.4, 0.5) is 0 Å². The predicted octanol–water partition coefficient (Wildman–Crippen LogP) is -0.656. The third-order valence-corrected chi connectivity index (χ3v) is 4.58. The molecule has 1 aliphatic heterocycles. The van der Waals surface area contributed by atoms with Crippen molar-refractivity contribution in [1.82, 2.24) is 9.78 Å². The molecule has 1 aromatic heterocycles. The van der Waals surface area contributed by atoms with Crippen LogP contribution in [-0.2, 0) is 11.8 Å². The molecule has 2 aromatic rings. The van der Waals surface area contributed by atoms with Gasteiger partial charge in [-0.3, -0.25) is 4.68 Å². The highest BCUT2D eigenvalue weighted by atomic mass is 16.5. The van der Waals surface area contributed by atoms with E-state index in [0.29, 0.717) is 16.8 Å². The second-order valence-electron chi connectivity index (χ2n) is 6.69. The standard InChI is InChI=1S/C21H22N2O5/c1-14-16(12-23(2)22-14)8-9-18-21(27,11-10-15-6-4-3-5-7-15)20(26)19(25)17(13-24)28-18/h3-7,12,17-20,24-27H,13H2,1-2H3/t17-,18-,19-,20+,21-/m1/s1. The van der Waals surface area contributed by atoms with Crippen molar-refractivity contribution in [1.29, 1.82) is 0 Å². The second kappa shape index (κ2) is 8.15. The summed E-state index contributed by atoms with van der Waals surface area (Å²) in [6, 6.07) is 8.92. The summed E-state index contributed by atoms with van der Waals surface area (Å²) < 4.78 is 7.19. The van der Waals surface area contributed by atoms with Gasteiger partial charge in [0.1, 0.15) is 18.3 Å². The number of rotatable bonds is 1. The Morgan fingerprint density at radius 1 is 1.21 bits per heavy atom. The Morgan fingerprint density at radius 2 is 1.93 bits per heavy atom. The molecule has 0 radical (unpaired) electrons. The predicted molar refractivity (Wildman–Crippen MR) is 101 cm³/mol. The number of hydrogen-bond acceptors (Lipinski definition) is 6. The van der Waals surface area contributed by atoms with Crippen molar-refractivity contribution in [3.05, 3.63) is 53.3 Å². The van der Waals surface area contributed by atoms with Gasteiger partial charge in [0.05, 0.1) is 17.9 Å². The number of nitrogens with zero attached hydrogens (tertiary/aromatic N) is 2. The van der Waals surface area contributed by atoms with Gasteiger partial charge in [-0.25, -0.2) is 0 Å². The number of aliphatic hydroxyl groups excluding tert-OH is 3. The SMILES string of the molecule is Cc1nn(C)cc1C#C[C@H]1O[C@H](CO)[C@@H](O)[C@H](O)[C@@]1(O)C#Cc1ccccc1. The average molecular weight is 382 g/mol. The molecule has 1 fully saturated rings. The molecule has 146 valence electrons. The van der Waals surface area contributed by atoms with E-state index in [2.05, 4.69) is 28.8 Å². The fourth-order valence-electron chi connectivity index (χ4n) is 2.97. The first-order valence-electron chi connectivity index (χ1n) is 8.80. The van der Waals surface area contributed by atoms with Crippen molar-refractivity contribution < 1.29 is 25.2 Å². The van der Waals surface area contributed by atoms with E-state index >= 15 is 0 Å². The van der Waals surface area contributed by atoms with Crippen LogP contribution >= 0.6 is 0 Å². The molecular formula is C21H22N2O5. The summed E-state index contributed by atoms with van der Waals surface area (Å²) in [7, 11) is 1.76. The smallest absolute Gasteiger partial charge is 0.191 e. The van der Waals surface area contributed by atoms with E-state index in [1.165, 1.54) is 0 Å². The number of aryl methyl sites for hydroxylation is 2. The maximum Gasteiger partial charge on any atom is 0.191 e. The minimum Gasteiger partial charge on any atom is -0.394 e. The normalized spacial score (nSPS) is 29.4. The summed E-state index contributed by atoms with van der Waals surface area (Å²) in [5, 5.41) is 45.4. The van der Waals surface area contributed by atoms with Crippen LogP contribution in [-0.4, -0.2) is 66.8 Å². The van der Waals surface area contributed by atoms with Gasteiger partial charge in [-0.1, -0.05) is 41.9 Å². The van der Waals surface area contributed by atoms with Gasteiger partial charge in [-0.05, 0) is 19.1 Å². The fourth-order valence-corrected chi connectivity index (χ4v) is 2.97. The van der Waals surface area contributed by atoms with Gasteiger partial charge in [0, 0.05) is 18.8 Å². The number of aliphatic hydroxyl groups is 4. The fraction of sp³-hybridized carbons (Fsp3) is 0.381. The van der Waals surface area contributed by atoms with Gasteiger partial charge in [-0.2, -0.15) is 5.10 Å². The van der Waals surface area contributed by atoms with Crippen molar-refractivity contribution in [3.8, 4) is 23.7 Å². The van der Waals surface area contributed by atoms with Crippen molar-refractivity contribution in [2.24, 2.45) is 7.05 Å². The molecule has 3 rings (SSSR count). The van der Waals surface area contributed by atoms with Crippen LogP contribution < -0.4 is 0 Å². The van der Waals surface area contributed by atoms with E-state index in [4.69, 9.17) is 4.74 Å². The first kappa shape index (κ1) is 20.1. The molecule has 28 heavy (non-hydrogen) atoms. The highest BCUT2D eigenvalue weighted by molar-refractivity contribution is 5.42. The van der Waals surface area contributed by atoms with Gasteiger partial charge in [-0.15, -0.1) is 0 Å². The molecule has 1 aliphatic rings. The largest absolute Gasteiger partial charge is 0.394 e. The van der Waals surface area contributed by atoms with Gasteiger partial charge >= 0.3 is 0 Å². The lowest BCUT2D eigenvalue weighted by Crippen LogP contribution is -2.65. The van der Waals surface area contributed by atoms with E-state index in [1.54, 1.807) is 49.1 Å². The average Bonchev–Trinajstić information content (AvgIpc) is 3.02. The summed E-state index contributed by atoms with van der Waals surface area (Å²) in [4.78, 5) is 0. The Kier molecular flexibility index (Phi) is 5.85. The molecule has 0 bridgehead atoms. The molecule has 7 nitrogen and oxygen atoms in total. The Bertz CT molecular complexity index is 950. The summed E-state index contributed by atoms with van der Waals surface area (Å²) in [5.41, 5.74) is -0.198. The van der Waals surface area contributed by atoms with Crippen LogP contribution in [0.3, 0.4) is 0 Å². The molecule has 4 N–H and O–H groups in total. The van der Waals surface area contributed by atoms with Gasteiger partial charge in [0.25, 0.3) is 0 Å². The Hall–Kier alpha value is -2.65. The second-order valence-corrected chi connectivity index (χ2v) is 6.69. The highest BCUT2D eigenvalue weighted by Crippen LogP contribution is 2.30. The number of ether oxygens (including phenoxy) is 1. The lowest BCUT2D eigenvalue weighted by molar-refractivity contribution is -0.239. The summed E-state index contributed by atoms with van der Waals surface area (Å²) in [6.07, 6.45) is -3.82. The lowest BCUT2D eigenvalue weighted by atomic mass is 9.82. The van der Waals surface area contributed by atoms with Crippen LogP contribution in [0.5, 0.6) is 0 Å². The zero-order valence-corrected chi connectivity index (χ0v) is 15.6. The summed E-state index contributed by atoms with van der Waals surface area (Å²) in [5.74, 6) is 11.0. The Labute approximate surface area is 163 Å². The van der Waals surface area contributed by atoms with Crippen LogP contribution in [0.2, 0.25) is 0 Å².